The number of nitrogens with zero attached hydrogens (tertiary/aromatic N) is 1. The number of carbonyl (C=O) groups excluding carboxylic acids is 2. The zero-order chi connectivity index (χ0) is 20.1. The number of amides is 1. The van der Waals surface area contributed by atoms with Crippen LogP contribution < -0.4 is 0 Å². The molecule has 0 saturated carbocycles. The summed E-state index contributed by atoms with van der Waals surface area (Å²) in [6.07, 6.45) is 1.36. The fourth-order valence-corrected chi connectivity index (χ4v) is 3.37. The van der Waals surface area contributed by atoms with Gasteiger partial charge in [-0.25, -0.2) is 4.39 Å². The van der Waals surface area contributed by atoms with Gasteiger partial charge in [-0.3, -0.25) is 14.4 Å². The van der Waals surface area contributed by atoms with E-state index < -0.39 is 30.2 Å². The van der Waals surface area contributed by atoms with Gasteiger partial charge in [0.15, 0.2) is 5.78 Å². The van der Waals surface area contributed by atoms with Crippen LogP contribution in [0.25, 0.3) is 0 Å². The third-order valence-corrected chi connectivity index (χ3v) is 4.57. The highest BCUT2D eigenvalue weighted by atomic mass is 19.1. The van der Waals surface area contributed by atoms with Crippen LogP contribution in [0.4, 0.5) is 4.39 Å². The summed E-state index contributed by atoms with van der Waals surface area (Å²) in [4.78, 5) is 37.0. The first kappa shape index (κ1) is 20.8. The van der Waals surface area contributed by atoms with Gasteiger partial charge in [-0.15, -0.1) is 0 Å². The van der Waals surface area contributed by atoms with Crippen molar-refractivity contribution in [2.45, 2.75) is 57.2 Å². The Bertz CT molecular complexity index is 728. The van der Waals surface area contributed by atoms with Crippen LogP contribution in [-0.4, -0.2) is 51.0 Å². The summed E-state index contributed by atoms with van der Waals surface area (Å²) in [6.45, 7) is 3.76. The van der Waals surface area contributed by atoms with Crippen molar-refractivity contribution < 1.29 is 29.0 Å². The molecule has 0 spiro atoms. The molecular formula is C20H24FNO5. The molecule has 0 bridgehead atoms. The smallest absolute Gasteiger partial charge is 0.305 e. The molecule has 7 heteroatoms. The van der Waals surface area contributed by atoms with Gasteiger partial charge >= 0.3 is 5.97 Å². The molecule has 1 aliphatic rings. The van der Waals surface area contributed by atoms with Crippen LogP contribution in [0.3, 0.4) is 0 Å². The van der Waals surface area contributed by atoms with E-state index in [2.05, 4.69) is 0 Å². The summed E-state index contributed by atoms with van der Waals surface area (Å²) >= 11 is 0. The lowest BCUT2D eigenvalue weighted by Gasteiger charge is -2.26. The Morgan fingerprint density at radius 3 is 2.44 bits per heavy atom. The largest absolute Gasteiger partial charge is 0.481 e. The summed E-state index contributed by atoms with van der Waals surface area (Å²) in [7, 11) is 0. The van der Waals surface area contributed by atoms with Gasteiger partial charge < -0.3 is 15.1 Å². The van der Waals surface area contributed by atoms with Crippen LogP contribution >= 0.6 is 0 Å². The average Bonchev–Trinajstić information content (AvgIpc) is 2.89. The normalized spacial score (nSPS) is 21.2. The molecule has 1 amide bonds. The molecule has 1 aliphatic heterocycles. The molecule has 1 saturated heterocycles. The quantitative estimate of drug-likeness (QED) is 0.678. The molecule has 27 heavy (non-hydrogen) atoms. The fraction of sp³-hybridized carbons (Fsp3) is 0.450. The van der Waals surface area contributed by atoms with Crippen LogP contribution in [-0.2, 0) is 14.4 Å². The highest BCUT2D eigenvalue weighted by Gasteiger charge is 2.40. The number of allylic oxidation sites excluding steroid dienone is 1. The number of hydrogen-bond donors (Lipinski definition) is 2. The van der Waals surface area contributed by atoms with E-state index in [0.29, 0.717) is 6.42 Å². The van der Waals surface area contributed by atoms with Crippen LogP contribution in [0.15, 0.2) is 36.4 Å². The number of rotatable bonds is 8. The van der Waals surface area contributed by atoms with Crippen molar-refractivity contribution in [2.24, 2.45) is 0 Å². The molecule has 6 nitrogen and oxygen atoms in total. The Labute approximate surface area is 157 Å². The van der Waals surface area contributed by atoms with Crippen molar-refractivity contribution in [3.8, 4) is 0 Å². The number of carboxylic acid groups (broad SMARTS) is 1. The van der Waals surface area contributed by atoms with Gasteiger partial charge in [0.25, 0.3) is 0 Å². The van der Waals surface area contributed by atoms with E-state index in [1.165, 1.54) is 18.2 Å². The minimum absolute atomic E-state index is 0.0784. The molecule has 146 valence electrons. The van der Waals surface area contributed by atoms with Crippen LogP contribution in [0.2, 0.25) is 0 Å². The van der Waals surface area contributed by atoms with Crippen molar-refractivity contribution in [1.82, 2.24) is 4.90 Å². The molecule has 2 rings (SSSR count). The molecule has 1 aromatic rings. The first-order valence-corrected chi connectivity index (χ1v) is 8.87. The Hall–Kier alpha value is -2.54. The maximum atomic E-state index is 13.1. The maximum Gasteiger partial charge on any atom is 0.305 e. The number of aliphatic carboxylic acids is 1. The highest BCUT2D eigenvalue weighted by Crippen LogP contribution is 2.35. The molecular weight excluding hydrogens is 353 g/mol. The standard InChI is InChI=1S/C20H24FNO5/c1-12(2)22-15(7-8-16(23)10-17(24)11-19(25)26)9-18(20(22)27)13-3-5-14(21)6-4-13/h3-8,12,15,17-18,24H,9-11H2,1-2H3,(H,25,26)/b8-7+/t15-,17-,18+/m1/s1. The molecule has 1 heterocycles. The van der Waals surface area contributed by atoms with Crippen molar-refractivity contribution in [3.63, 3.8) is 0 Å². The lowest BCUT2D eigenvalue weighted by atomic mass is 9.95. The van der Waals surface area contributed by atoms with Crippen molar-refractivity contribution >= 4 is 17.7 Å². The second kappa shape index (κ2) is 8.90. The number of halogens is 1. The summed E-state index contributed by atoms with van der Waals surface area (Å²) in [6, 6.07) is 5.45. The molecule has 0 aromatic heterocycles. The first-order valence-electron chi connectivity index (χ1n) is 8.87. The zero-order valence-electron chi connectivity index (χ0n) is 15.3. The third-order valence-electron chi connectivity index (χ3n) is 4.57. The van der Waals surface area contributed by atoms with Gasteiger partial charge in [0.05, 0.1) is 24.5 Å². The molecule has 0 aliphatic carbocycles. The topological polar surface area (TPSA) is 94.9 Å². The lowest BCUT2D eigenvalue weighted by molar-refractivity contribution is -0.139. The summed E-state index contributed by atoms with van der Waals surface area (Å²) in [5.74, 6) is -2.43. The summed E-state index contributed by atoms with van der Waals surface area (Å²) in [5.41, 5.74) is 0.728. The van der Waals surface area contributed by atoms with Gasteiger partial charge in [-0.2, -0.15) is 0 Å². The number of carbonyl (C=O) groups is 3. The molecule has 1 aromatic carbocycles. The predicted molar refractivity (Wildman–Crippen MR) is 96.6 cm³/mol. The van der Waals surface area contributed by atoms with Crippen LogP contribution in [0.5, 0.6) is 0 Å². The molecule has 0 unspecified atom stereocenters. The number of carboxylic acids is 1. The van der Waals surface area contributed by atoms with Gasteiger partial charge in [0.1, 0.15) is 5.82 Å². The van der Waals surface area contributed by atoms with Crippen molar-refractivity contribution in [2.75, 3.05) is 0 Å². The number of aliphatic hydroxyl groups is 1. The Kier molecular flexibility index (Phi) is 6.85. The Morgan fingerprint density at radius 2 is 1.89 bits per heavy atom. The molecule has 3 atom stereocenters. The summed E-state index contributed by atoms with van der Waals surface area (Å²) in [5, 5.41) is 18.2. The zero-order valence-corrected chi connectivity index (χ0v) is 15.3. The van der Waals surface area contributed by atoms with E-state index in [1.54, 1.807) is 23.1 Å². The minimum Gasteiger partial charge on any atom is -0.481 e. The molecule has 0 radical (unpaired) electrons. The van der Waals surface area contributed by atoms with Gasteiger partial charge in [0, 0.05) is 12.5 Å². The van der Waals surface area contributed by atoms with E-state index in [1.807, 2.05) is 13.8 Å². The number of likely N-dealkylation sites (tertiary alicyclic amines) is 1. The second-order valence-corrected chi connectivity index (χ2v) is 7.03. The van der Waals surface area contributed by atoms with E-state index in [9.17, 15) is 23.9 Å². The number of hydrogen-bond acceptors (Lipinski definition) is 4. The average molecular weight is 377 g/mol. The number of ketones is 1. The van der Waals surface area contributed by atoms with Gasteiger partial charge in [-0.05, 0) is 44.0 Å². The Balaban J connectivity index is 2.10. The van der Waals surface area contributed by atoms with Crippen LogP contribution in [0, 0.1) is 5.82 Å². The number of aliphatic hydroxyl groups excluding tert-OH is 1. The second-order valence-electron chi connectivity index (χ2n) is 7.03. The maximum absolute atomic E-state index is 13.1. The SMILES string of the molecule is CC(C)N1C(=O)[C@H](c2ccc(F)cc2)C[C@H]1/C=C/C(=O)C[C@@H](O)CC(=O)O. The van der Waals surface area contributed by atoms with Crippen molar-refractivity contribution in [1.29, 1.82) is 0 Å². The molecule has 2 N–H and O–H groups in total. The van der Waals surface area contributed by atoms with Gasteiger partial charge in [-0.1, -0.05) is 18.2 Å². The monoisotopic (exact) mass is 377 g/mol. The molecule has 1 fully saturated rings. The van der Waals surface area contributed by atoms with E-state index in [4.69, 9.17) is 5.11 Å². The minimum atomic E-state index is -1.24. The van der Waals surface area contributed by atoms with E-state index in [-0.39, 0.29) is 30.2 Å². The van der Waals surface area contributed by atoms with E-state index >= 15 is 0 Å². The number of benzene rings is 1. The van der Waals surface area contributed by atoms with Gasteiger partial charge in [0.2, 0.25) is 5.91 Å². The highest BCUT2D eigenvalue weighted by molar-refractivity contribution is 5.91. The summed E-state index contributed by atoms with van der Waals surface area (Å²) < 4.78 is 13.1. The third kappa shape index (κ3) is 5.47. The van der Waals surface area contributed by atoms with E-state index in [0.717, 1.165) is 5.56 Å². The predicted octanol–water partition coefficient (Wildman–Crippen LogP) is 2.27. The Morgan fingerprint density at radius 1 is 1.26 bits per heavy atom. The van der Waals surface area contributed by atoms with Crippen molar-refractivity contribution in [3.05, 3.63) is 47.8 Å². The fourth-order valence-electron chi connectivity index (χ4n) is 3.37. The first-order chi connectivity index (χ1) is 12.7. The van der Waals surface area contributed by atoms with Crippen LogP contribution in [0.1, 0.15) is 44.6 Å². The lowest BCUT2D eigenvalue weighted by Crippen LogP contribution is -2.38.